The van der Waals surface area contributed by atoms with Crippen LogP contribution in [0.1, 0.15) is 44.2 Å². The van der Waals surface area contributed by atoms with Gasteiger partial charge in [0.2, 0.25) is 5.91 Å². The van der Waals surface area contributed by atoms with Gasteiger partial charge in [0.05, 0.1) is 26.4 Å². The molecule has 3 rings (SSSR count). The SMILES string of the molecule is CCOc1ccccc1OCCCC(=O)N1CCCC1c1cccc(OC)c1. The van der Waals surface area contributed by atoms with Gasteiger partial charge < -0.3 is 19.1 Å². The largest absolute Gasteiger partial charge is 0.497 e. The van der Waals surface area contributed by atoms with Gasteiger partial charge in [0, 0.05) is 13.0 Å². The molecule has 1 aliphatic rings. The predicted molar refractivity (Wildman–Crippen MR) is 109 cm³/mol. The first-order valence-corrected chi connectivity index (χ1v) is 10.0. The van der Waals surface area contributed by atoms with Crippen molar-refractivity contribution in [1.29, 1.82) is 0 Å². The normalized spacial score (nSPS) is 16.1. The van der Waals surface area contributed by atoms with E-state index in [1.807, 2.05) is 54.3 Å². The quantitative estimate of drug-likeness (QED) is 0.593. The average molecular weight is 383 g/mol. The number of para-hydroxylation sites is 2. The summed E-state index contributed by atoms with van der Waals surface area (Å²) in [7, 11) is 1.67. The fraction of sp³-hybridized carbons (Fsp3) is 0.435. The summed E-state index contributed by atoms with van der Waals surface area (Å²) >= 11 is 0. The number of likely N-dealkylation sites (tertiary alicyclic amines) is 1. The average Bonchev–Trinajstić information content (AvgIpc) is 3.22. The second-order valence-corrected chi connectivity index (χ2v) is 6.85. The third kappa shape index (κ3) is 4.97. The van der Waals surface area contributed by atoms with Crippen molar-refractivity contribution >= 4 is 5.91 Å². The Bertz CT molecular complexity index is 777. The van der Waals surface area contributed by atoms with Crippen molar-refractivity contribution in [2.24, 2.45) is 0 Å². The first kappa shape index (κ1) is 20.1. The van der Waals surface area contributed by atoms with Gasteiger partial charge in [0.1, 0.15) is 5.75 Å². The molecular weight excluding hydrogens is 354 g/mol. The van der Waals surface area contributed by atoms with Crippen LogP contribution >= 0.6 is 0 Å². The number of methoxy groups -OCH3 is 1. The summed E-state index contributed by atoms with van der Waals surface area (Å²) < 4.78 is 16.7. The Kier molecular flexibility index (Phi) is 7.18. The lowest BCUT2D eigenvalue weighted by atomic mass is 10.0. The molecule has 2 aromatic carbocycles. The molecule has 1 aliphatic heterocycles. The number of carbonyl (C=O) groups excluding carboxylic acids is 1. The smallest absolute Gasteiger partial charge is 0.223 e. The summed E-state index contributed by atoms with van der Waals surface area (Å²) in [4.78, 5) is 14.8. The standard InChI is InChI=1S/C23H29NO4/c1-3-27-21-12-4-5-13-22(21)28-16-8-14-23(25)24-15-7-11-20(24)18-9-6-10-19(17-18)26-2/h4-6,9-10,12-13,17,20H,3,7-8,11,14-16H2,1-2H3. The Balaban J connectivity index is 1.52. The van der Waals surface area contributed by atoms with Crippen LogP contribution in [0.25, 0.3) is 0 Å². The van der Waals surface area contributed by atoms with Crippen molar-refractivity contribution in [2.45, 2.75) is 38.6 Å². The van der Waals surface area contributed by atoms with Gasteiger partial charge in [0.25, 0.3) is 0 Å². The van der Waals surface area contributed by atoms with E-state index in [0.717, 1.165) is 42.2 Å². The van der Waals surface area contributed by atoms with Gasteiger partial charge in [-0.25, -0.2) is 0 Å². The molecule has 1 amide bonds. The highest BCUT2D eigenvalue weighted by atomic mass is 16.5. The Hall–Kier alpha value is -2.69. The van der Waals surface area contributed by atoms with Crippen molar-refractivity contribution in [3.05, 3.63) is 54.1 Å². The molecule has 1 atom stereocenters. The molecule has 5 heteroatoms. The van der Waals surface area contributed by atoms with Crippen molar-refractivity contribution in [1.82, 2.24) is 4.90 Å². The zero-order chi connectivity index (χ0) is 19.8. The van der Waals surface area contributed by atoms with Gasteiger partial charge in [-0.3, -0.25) is 4.79 Å². The number of ether oxygens (including phenoxy) is 3. The lowest BCUT2D eigenvalue weighted by Crippen LogP contribution is -2.30. The molecule has 150 valence electrons. The number of nitrogens with zero attached hydrogens (tertiary/aromatic N) is 1. The first-order chi connectivity index (χ1) is 13.7. The van der Waals surface area contributed by atoms with Gasteiger partial charge >= 0.3 is 0 Å². The molecule has 0 aromatic heterocycles. The number of carbonyl (C=O) groups is 1. The number of amides is 1. The maximum atomic E-state index is 12.8. The second-order valence-electron chi connectivity index (χ2n) is 6.85. The summed E-state index contributed by atoms with van der Waals surface area (Å²) in [5.41, 5.74) is 1.15. The summed E-state index contributed by atoms with van der Waals surface area (Å²) in [6.45, 7) is 3.85. The molecule has 28 heavy (non-hydrogen) atoms. The van der Waals surface area contributed by atoms with E-state index < -0.39 is 0 Å². The summed E-state index contributed by atoms with van der Waals surface area (Å²) in [5.74, 6) is 2.49. The maximum Gasteiger partial charge on any atom is 0.223 e. The molecule has 0 N–H and O–H groups in total. The van der Waals surface area contributed by atoms with E-state index in [4.69, 9.17) is 14.2 Å². The lowest BCUT2D eigenvalue weighted by Gasteiger charge is -2.25. The molecule has 0 saturated carbocycles. The fourth-order valence-electron chi connectivity index (χ4n) is 3.65. The highest BCUT2D eigenvalue weighted by Crippen LogP contribution is 2.34. The van der Waals surface area contributed by atoms with Crippen molar-refractivity contribution in [3.63, 3.8) is 0 Å². The van der Waals surface area contributed by atoms with E-state index in [1.165, 1.54) is 0 Å². The molecule has 1 fully saturated rings. The van der Waals surface area contributed by atoms with Crippen molar-refractivity contribution in [2.75, 3.05) is 26.9 Å². The minimum atomic E-state index is 0.141. The molecule has 0 radical (unpaired) electrons. The topological polar surface area (TPSA) is 48.0 Å². The van der Waals surface area contributed by atoms with Crippen LogP contribution in [0.4, 0.5) is 0 Å². The van der Waals surface area contributed by atoms with Crippen LogP contribution in [-0.4, -0.2) is 37.7 Å². The Morgan fingerprint density at radius 2 is 1.89 bits per heavy atom. The molecule has 2 aromatic rings. The van der Waals surface area contributed by atoms with Crippen molar-refractivity contribution in [3.8, 4) is 17.2 Å². The van der Waals surface area contributed by atoms with E-state index in [0.29, 0.717) is 26.1 Å². The highest BCUT2D eigenvalue weighted by molar-refractivity contribution is 5.77. The third-order valence-electron chi connectivity index (χ3n) is 4.99. The molecule has 1 heterocycles. The Morgan fingerprint density at radius 1 is 1.11 bits per heavy atom. The van der Waals surface area contributed by atoms with Crippen LogP contribution in [-0.2, 0) is 4.79 Å². The Morgan fingerprint density at radius 3 is 2.64 bits per heavy atom. The summed E-state index contributed by atoms with van der Waals surface area (Å²) in [5, 5.41) is 0. The summed E-state index contributed by atoms with van der Waals surface area (Å²) in [6, 6.07) is 15.8. The van der Waals surface area contributed by atoms with Crippen LogP contribution in [0, 0.1) is 0 Å². The van der Waals surface area contributed by atoms with Crippen LogP contribution in [0.5, 0.6) is 17.2 Å². The molecule has 1 saturated heterocycles. The number of benzene rings is 2. The van der Waals surface area contributed by atoms with Crippen LogP contribution in [0.2, 0.25) is 0 Å². The molecule has 0 bridgehead atoms. The number of rotatable bonds is 9. The van der Waals surface area contributed by atoms with E-state index >= 15 is 0 Å². The minimum Gasteiger partial charge on any atom is -0.497 e. The number of hydrogen-bond donors (Lipinski definition) is 0. The molecule has 5 nitrogen and oxygen atoms in total. The second kappa shape index (κ2) is 10.0. The molecule has 1 unspecified atom stereocenters. The van der Waals surface area contributed by atoms with E-state index in [-0.39, 0.29) is 11.9 Å². The van der Waals surface area contributed by atoms with E-state index in [1.54, 1.807) is 7.11 Å². The van der Waals surface area contributed by atoms with Gasteiger partial charge in [0.15, 0.2) is 11.5 Å². The highest BCUT2D eigenvalue weighted by Gasteiger charge is 2.29. The number of hydrogen-bond acceptors (Lipinski definition) is 4. The van der Waals surface area contributed by atoms with E-state index in [2.05, 4.69) is 6.07 Å². The lowest BCUT2D eigenvalue weighted by molar-refractivity contribution is -0.132. The van der Waals surface area contributed by atoms with Gasteiger partial charge in [-0.05, 0) is 56.0 Å². The molecule has 0 spiro atoms. The maximum absolute atomic E-state index is 12.8. The molecule has 0 aliphatic carbocycles. The van der Waals surface area contributed by atoms with Crippen molar-refractivity contribution < 1.29 is 19.0 Å². The van der Waals surface area contributed by atoms with Gasteiger partial charge in [-0.1, -0.05) is 24.3 Å². The zero-order valence-electron chi connectivity index (χ0n) is 16.7. The van der Waals surface area contributed by atoms with E-state index in [9.17, 15) is 4.79 Å². The minimum absolute atomic E-state index is 0.141. The molecular formula is C23H29NO4. The Labute approximate surface area is 167 Å². The van der Waals surface area contributed by atoms with Crippen LogP contribution < -0.4 is 14.2 Å². The van der Waals surface area contributed by atoms with Gasteiger partial charge in [-0.2, -0.15) is 0 Å². The third-order valence-corrected chi connectivity index (χ3v) is 4.99. The fourth-order valence-corrected chi connectivity index (χ4v) is 3.65. The van der Waals surface area contributed by atoms with Crippen LogP contribution in [0.15, 0.2) is 48.5 Å². The van der Waals surface area contributed by atoms with Gasteiger partial charge in [-0.15, -0.1) is 0 Å². The zero-order valence-corrected chi connectivity index (χ0v) is 16.7. The first-order valence-electron chi connectivity index (χ1n) is 10.0. The monoisotopic (exact) mass is 383 g/mol. The summed E-state index contributed by atoms with van der Waals surface area (Å²) in [6.07, 6.45) is 3.20. The van der Waals surface area contributed by atoms with Crippen LogP contribution in [0.3, 0.4) is 0 Å². The predicted octanol–water partition coefficient (Wildman–Crippen LogP) is 4.62.